The van der Waals surface area contributed by atoms with Crippen molar-refractivity contribution in [3.8, 4) is 5.69 Å². The summed E-state index contributed by atoms with van der Waals surface area (Å²) in [5, 5.41) is 0.596. The van der Waals surface area contributed by atoms with E-state index in [4.69, 9.17) is 5.73 Å². The largest absolute Gasteiger partial charge is 0.385 e. The first-order valence-electron chi connectivity index (χ1n) is 5.12. The Morgan fingerprint density at radius 3 is 2.53 bits per heavy atom. The van der Waals surface area contributed by atoms with Crippen molar-refractivity contribution in [1.82, 2.24) is 9.55 Å². The fourth-order valence-electron chi connectivity index (χ4n) is 1.57. The Kier molecular flexibility index (Phi) is 3.19. The van der Waals surface area contributed by atoms with Crippen LogP contribution in [0.15, 0.2) is 40.3 Å². The molecule has 2 rings (SSSR count). The summed E-state index contributed by atoms with van der Waals surface area (Å²) >= 11 is 1.39. The normalized spacial score (nSPS) is 10.5. The first-order valence-corrected chi connectivity index (χ1v) is 6.35. The molecule has 1 aromatic heterocycles. The summed E-state index contributed by atoms with van der Waals surface area (Å²) < 4.78 is 1.77. The van der Waals surface area contributed by atoms with Crippen molar-refractivity contribution in [2.45, 2.75) is 12.1 Å². The van der Waals surface area contributed by atoms with E-state index >= 15 is 0 Å². The minimum atomic E-state index is -0.310. The lowest BCUT2D eigenvalue weighted by Gasteiger charge is -2.13. The third-order valence-electron chi connectivity index (χ3n) is 2.40. The number of aryl methyl sites for hydroxylation is 1. The van der Waals surface area contributed by atoms with Crippen molar-refractivity contribution in [2.75, 3.05) is 12.0 Å². The van der Waals surface area contributed by atoms with Crippen LogP contribution in [0, 0.1) is 6.92 Å². The van der Waals surface area contributed by atoms with Gasteiger partial charge in [0.05, 0.1) is 0 Å². The third-order valence-corrected chi connectivity index (χ3v) is 3.04. The molecule has 88 valence electrons. The molecule has 0 radical (unpaired) electrons. The number of nitrogens with two attached hydrogens (primary N) is 1. The molecule has 2 aromatic rings. The van der Waals surface area contributed by atoms with Gasteiger partial charge in [-0.25, -0.2) is 0 Å². The topological polar surface area (TPSA) is 60.9 Å². The van der Waals surface area contributed by atoms with Gasteiger partial charge in [-0.2, -0.15) is 4.98 Å². The van der Waals surface area contributed by atoms with E-state index in [1.165, 1.54) is 23.4 Å². The van der Waals surface area contributed by atoms with Gasteiger partial charge < -0.3 is 5.73 Å². The summed E-state index contributed by atoms with van der Waals surface area (Å²) in [4.78, 5) is 15.2. The highest BCUT2D eigenvalue weighted by Crippen LogP contribution is 2.20. The van der Waals surface area contributed by atoms with Gasteiger partial charge in [-0.1, -0.05) is 29.5 Å². The Bertz CT molecular complexity index is 590. The molecule has 0 atom stereocenters. The maximum Gasteiger partial charge on any atom is 0.275 e. The van der Waals surface area contributed by atoms with Gasteiger partial charge in [-0.3, -0.25) is 9.36 Å². The lowest BCUT2D eigenvalue weighted by Crippen LogP contribution is -2.16. The second-order valence-electron chi connectivity index (χ2n) is 3.68. The highest BCUT2D eigenvalue weighted by atomic mass is 32.2. The van der Waals surface area contributed by atoms with Gasteiger partial charge in [-0.15, -0.1) is 0 Å². The summed E-state index contributed by atoms with van der Waals surface area (Å²) in [6.07, 6.45) is 1.87. The molecule has 0 amide bonds. The minimum absolute atomic E-state index is 0.310. The van der Waals surface area contributed by atoms with E-state index in [0.29, 0.717) is 11.0 Å². The lowest BCUT2D eigenvalue weighted by atomic mass is 10.2. The molecule has 0 spiro atoms. The third kappa shape index (κ3) is 2.34. The number of hydrogen-bond acceptors (Lipinski definition) is 4. The zero-order valence-electron chi connectivity index (χ0n) is 9.68. The zero-order chi connectivity index (χ0) is 12.4. The molecular weight excluding hydrogens is 234 g/mol. The monoisotopic (exact) mass is 247 g/mol. The van der Waals surface area contributed by atoms with Gasteiger partial charge in [0.15, 0.2) is 5.16 Å². The number of aromatic nitrogens is 2. The molecule has 0 saturated carbocycles. The molecule has 0 aliphatic carbocycles. The lowest BCUT2D eigenvalue weighted by molar-refractivity contribution is 0.824. The van der Waals surface area contributed by atoms with E-state index in [-0.39, 0.29) is 5.56 Å². The number of nitrogen functional groups attached to an aromatic ring is 1. The quantitative estimate of drug-likeness (QED) is 0.650. The molecule has 4 nitrogen and oxygen atoms in total. The van der Waals surface area contributed by atoms with Crippen molar-refractivity contribution in [3.05, 3.63) is 46.2 Å². The van der Waals surface area contributed by atoms with Gasteiger partial charge in [0.2, 0.25) is 0 Å². The molecule has 2 N–H and O–H groups in total. The molecule has 5 heteroatoms. The predicted octanol–water partition coefficient (Wildman–Crippen LogP) is 1.85. The Morgan fingerprint density at radius 2 is 1.94 bits per heavy atom. The fourth-order valence-corrected chi connectivity index (χ4v) is 2.14. The summed E-state index contributed by atoms with van der Waals surface area (Å²) in [7, 11) is 0. The smallest absolute Gasteiger partial charge is 0.275 e. The van der Waals surface area contributed by atoms with Crippen LogP contribution in [-0.4, -0.2) is 15.8 Å². The van der Waals surface area contributed by atoms with Crippen LogP contribution in [0.5, 0.6) is 0 Å². The van der Waals surface area contributed by atoms with Crippen molar-refractivity contribution >= 4 is 17.6 Å². The highest BCUT2D eigenvalue weighted by molar-refractivity contribution is 7.98. The predicted molar refractivity (Wildman–Crippen MR) is 70.8 cm³/mol. The van der Waals surface area contributed by atoms with Crippen LogP contribution in [0.2, 0.25) is 0 Å². The van der Waals surface area contributed by atoms with Crippen molar-refractivity contribution in [2.24, 2.45) is 0 Å². The summed E-state index contributed by atoms with van der Waals surface area (Å²) in [6, 6.07) is 9.24. The summed E-state index contributed by atoms with van der Waals surface area (Å²) in [5.74, 6) is 0.401. The van der Waals surface area contributed by atoms with E-state index in [0.717, 1.165) is 5.69 Å². The zero-order valence-corrected chi connectivity index (χ0v) is 10.5. The number of anilines is 1. The number of thioether (sulfide) groups is 1. The molecule has 0 aliphatic heterocycles. The highest BCUT2D eigenvalue weighted by Gasteiger charge is 2.08. The Morgan fingerprint density at radius 1 is 1.29 bits per heavy atom. The SMILES string of the molecule is CSc1nc(=O)cc(N)n1-c1ccc(C)cc1. The van der Waals surface area contributed by atoms with Crippen LogP contribution in [0.1, 0.15) is 5.56 Å². The first-order chi connectivity index (χ1) is 8.11. The van der Waals surface area contributed by atoms with Crippen LogP contribution in [-0.2, 0) is 0 Å². The standard InChI is InChI=1S/C12H13N3OS/c1-8-3-5-9(6-4-8)15-10(13)7-11(16)14-12(15)17-2/h3-7H,13H2,1-2H3. The minimum Gasteiger partial charge on any atom is -0.385 e. The van der Waals surface area contributed by atoms with Crippen LogP contribution < -0.4 is 11.3 Å². The molecule has 0 saturated heterocycles. The van der Waals surface area contributed by atoms with E-state index in [1.54, 1.807) is 4.57 Å². The van der Waals surface area contributed by atoms with E-state index in [1.807, 2.05) is 37.4 Å². The first kappa shape index (κ1) is 11.7. The number of rotatable bonds is 2. The van der Waals surface area contributed by atoms with Gasteiger partial charge in [0.25, 0.3) is 5.56 Å². The van der Waals surface area contributed by atoms with Crippen LogP contribution in [0.3, 0.4) is 0 Å². The van der Waals surface area contributed by atoms with Crippen molar-refractivity contribution < 1.29 is 0 Å². The van der Waals surface area contributed by atoms with Crippen molar-refractivity contribution in [1.29, 1.82) is 0 Å². The second-order valence-corrected chi connectivity index (χ2v) is 4.45. The molecule has 1 aromatic carbocycles. The van der Waals surface area contributed by atoms with E-state index in [2.05, 4.69) is 4.98 Å². The average molecular weight is 247 g/mol. The molecule has 0 unspecified atom stereocenters. The summed E-state index contributed by atoms with van der Waals surface area (Å²) in [6.45, 7) is 2.02. The van der Waals surface area contributed by atoms with Gasteiger partial charge in [-0.05, 0) is 25.3 Å². The fraction of sp³-hybridized carbons (Fsp3) is 0.167. The molecule has 0 fully saturated rings. The maximum atomic E-state index is 11.3. The Labute approximate surface area is 103 Å². The van der Waals surface area contributed by atoms with Gasteiger partial charge in [0, 0.05) is 11.8 Å². The van der Waals surface area contributed by atoms with Crippen LogP contribution in [0.25, 0.3) is 5.69 Å². The van der Waals surface area contributed by atoms with Gasteiger partial charge >= 0.3 is 0 Å². The number of hydrogen-bond donors (Lipinski definition) is 1. The van der Waals surface area contributed by atoms with E-state index in [9.17, 15) is 4.79 Å². The molecule has 0 bridgehead atoms. The molecule has 17 heavy (non-hydrogen) atoms. The number of benzene rings is 1. The molecular formula is C12H13N3OS. The Hall–Kier alpha value is -1.75. The van der Waals surface area contributed by atoms with Crippen molar-refractivity contribution in [3.63, 3.8) is 0 Å². The van der Waals surface area contributed by atoms with Crippen LogP contribution in [0.4, 0.5) is 5.82 Å². The summed E-state index contributed by atoms with van der Waals surface area (Å²) in [5.41, 5.74) is 7.65. The molecule has 1 heterocycles. The number of nitrogens with zero attached hydrogens (tertiary/aromatic N) is 2. The molecule has 0 aliphatic rings. The average Bonchev–Trinajstić information content (AvgIpc) is 2.30. The van der Waals surface area contributed by atoms with Crippen LogP contribution >= 0.6 is 11.8 Å². The van der Waals surface area contributed by atoms with E-state index < -0.39 is 0 Å². The second kappa shape index (κ2) is 4.63. The Balaban J connectivity index is 2.65. The van der Waals surface area contributed by atoms with Gasteiger partial charge in [0.1, 0.15) is 5.82 Å². The maximum absolute atomic E-state index is 11.3.